The lowest BCUT2D eigenvalue weighted by atomic mass is 9.95. The third-order valence-corrected chi connectivity index (χ3v) is 3.47. The van der Waals surface area contributed by atoms with E-state index in [2.05, 4.69) is 0 Å². The first-order valence-electron chi connectivity index (χ1n) is 5.32. The summed E-state index contributed by atoms with van der Waals surface area (Å²) < 4.78 is 35.7. The number of piperidine rings is 1. The third kappa shape index (κ3) is 5.21. The van der Waals surface area contributed by atoms with Crippen LogP contribution in [0, 0.1) is 5.92 Å². The van der Waals surface area contributed by atoms with Gasteiger partial charge in [-0.2, -0.15) is 13.2 Å². The molecule has 0 aromatic heterocycles. The number of thioether (sulfide) groups is 1. The van der Waals surface area contributed by atoms with Crippen LogP contribution in [0.3, 0.4) is 0 Å². The molecule has 1 fully saturated rings. The summed E-state index contributed by atoms with van der Waals surface area (Å²) in [7, 11) is 0. The highest BCUT2D eigenvalue weighted by molar-refractivity contribution is 8.00. The molecular formula is C10H16F3NOS. The molecule has 2 nitrogen and oxygen atoms in total. The van der Waals surface area contributed by atoms with Crippen LogP contribution in [0.2, 0.25) is 0 Å². The van der Waals surface area contributed by atoms with Gasteiger partial charge in [0.2, 0.25) is 0 Å². The Hall–Kier alpha value is -0.230. The molecule has 0 saturated carbocycles. The van der Waals surface area contributed by atoms with Crippen molar-refractivity contribution in [3.05, 3.63) is 0 Å². The number of carbonyl (C=O) groups is 1. The van der Waals surface area contributed by atoms with E-state index >= 15 is 0 Å². The minimum Gasteiger partial charge on any atom is -0.302 e. The monoisotopic (exact) mass is 255 g/mol. The fourth-order valence-electron chi connectivity index (χ4n) is 1.88. The lowest BCUT2D eigenvalue weighted by Crippen LogP contribution is -2.39. The van der Waals surface area contributed by atoms with Gasteiger partial charge in [-0.05, 0) is 38.1 Å². The van der Waals surface area contributed by atoms with Crippen LogP contribution in [0.5, 0.6) is 0 Å². The van der Waals surface area contributed by atoms with E-state index in [9.17, 15) is 18.0 Å². The van der Waals surface area contributed by atoms with Crippen LogP contribution in [0.25, 0.3) is 0 Å². The topological polar surface area (TPSA) is 20.3 Å². The summed E-state index contributed by atoms with van der Waals surface area (Å²) in [4.78, 5) is 13.1. The van der Waals surface area contributed by atoms with Gasteiger partial charge < -0.3 is 4.90 Å². The van der Waals surface area contributed by atoms with E-state index in [0.717, 1.165) is 19.4 Å². The van der Waals surface area contributed by atoms with Gasteiger partial charge in [0.05, 0.1) is 0 Å². The zero-order valence-electron chi connectivity index (χ0n) is 9.22. The van der Waals surface area contributed by atoms with E-state index in [4.69, 9.17) is 0 Å². The zero-order chi connectivity index (χ0) is 12.2. The predicted molar refractivity (Wildman–Crippen MR) is 58.4 cm³/mol. The summed E-state index contributed by atoms with van der Waals surface area (Å²) in [6, 6.07) is 0. The number of hydrogen-bond acceptors (Lipinski definition) is 3. The van der Waals surface area contributed by atoms with Crippen molar-refractivity contribution >= 4 is 17.5 Å². The first-order valence-corrected chi connectivity index (χ1v) is 6.30. The lowest BCUT2D eigenvalue weighted by molar-refractivity contribution is -0.122. The Balaban J connectivity index is 2.24. The quantitative estimate of drug-likeness (QED) is 0.770. The first kappa shape index (κ1) is 13.8. The van der Waals surface area contributed by atoms with E-state index in [1.165, 1.54) is 0 Å². The van der Waals surface area contributed by atoms with Crippen molar-refractivity contribution in [3.8, 4) is 0 Å². The summed E-state index contributed by atoms with van der Waals surface area (Å²) in [5, 5.41) is 0. The van der Waals surface area contributed by atoms with Crippen LogP contribution >= 0.6 is 11.8 Å². The average Bonchev–Trinajstić information content (AvgIpc) is 2.16. The van der Waals surface area contributed by atoms with Gasteiger partial charge in [-0.3, -0.25) is 4.79 Å². The molecule has 1 aliphatic heterocycles. The second-order valence-electron chi connectivity index (χ2n) is 4.04. The molecule has 1 saturated heterocycles. The number of rotatable bonds is 4. The maximum atomic E-state index is 11.9. The van der Waals surface area contributed by atoms with Crippen molar-refractivity contribution in [1.29, 1.82) is 0 Å². The van der Waals surface area contributed by atoms with E-state index in [1.807, 2.05) is 4.90 Å². The molecule has 1 rings (SSSR count). The Kier molecular flexibility index (Phi) is 5.11. The van der Waals surface area contributed by atoms with Crippen molar-refractivity contribution in [1.82, 2.24) is 4.90 Å². The molecule has 1 atom stereocenters. The number of hydrogen-bond donors (Lipinski definition) is 0. The Bertz CT molecular complexity index is 245. The van der Waals surface area contributed by atoms with Crippen LogP contribution in [0.4, 0.5) is 13.2 Å². The summed E-state index contributed by atoms with van der Waals surface area (Å²) in [6.45, 7) is 3.39. The number of ketones is 1. The molecule has 1 unspecified atom stereocenters. The maximum absolute atomic E-state index is 11.9. The molecule has 6 heteroatoms. The van der Waals surface area contributed by atoms with Crippen LogP contribution in [-0.2, 0) is 4.79 Å². The Morgan fingerprint density at radius 3 is 2.75 bits per heavy atom. The molecule has 0 radical (unpaired) electrons. The van der Waals surface area contributed by atoms with Gasteiger partial charge in [0, 0.05) is 24.8 Å². The number of nitrogens with zero attached hydrogens (tertiary/aromatic N) is 1. The normalized spacial score (nSPS) is 23.4. The highest BCUT2D eigenvalue weighted by Crippen LogP contribution is 2.30. The second-order valence-corrected chi connectivity index (χ2v) is 5.20. The molecule has 94 valence electrons. The van der Waals surface area contributed by atoms with E-state index in [1.54, 1.807) is 6.92 Å². The van der Waals surface area contributed by atoms with Gasteiger partial charge >= 0.3 is 5.51 Å². The summed E-state index contributed by atoms with van der Waals surface area (Å²) in [5.41, 5.74) is -4.14. The molecule has 0 bridgehead atoms. The molecule has 0 N–H and O–H groups in total. The van der Waals surface area contributed by atoms with Gasteiger partial charge in [-0.25, -0.2) is 0 Å². The second kappa shape index (κ2) is 5.91. The lowest BCUT2D eigenvalue weighted by Gasteiger charge is -2.31. The fraction of sp³-hybridized carbons (Fsp3) is 0.900. The Morgan fingerprint density at radius 1 is 1.50 bits per heavy atom. The van der Waals surface area contributed by atoms with E-state index in [-0.39, 0.29) is 29.2 Å². The maximum Gasteiger partial charge on any atom is 0.441 e. The summed E-state index contributed by atoms with van der Waals surface area (Å²) >= 11 is 0.0103. The van der Waals surface area contributed by atoms with Crippen molar-refractivity contribution < 1.29 is 18.0 Å². The molecule has 0 amide bonds. The van der Waals surface area contributed by atoms with Crippen LogP contribution < -0.4 is 0 Å². The van der Waals surface area contributed by atoms with E-state index < -0.39 is 5.51 Å². The molecular weight excluding hydrogens is 239 g/mol. The largest absolute Gasteiger partial charge is 0.441 e. The van der Waals surface area contributed by atoms with Crippen LogP contribution in [0.1, 0.15) is 19.8 Å². The molecule has 0 aromatic rings. The van der Waals surface area contributed by atoms with Gasteiger partial charge in [0.1, 0.15) is 5.78 Å². The molecule has 1 aliphatic rings. The number of carbonyl (C=O) groups excluding carboxylic acids is 1. The average molecular weight is 255 g/mol. The number of Topliss-reactive ketones (excluding diaryl/α,β-unsaturated/α-hetero) is 1. The molecule has 0 aromatic carbocycles. The number of alkyl halides is 3. The first-order chi connectivity index (χ1) is 7.38. The van der Waals surface area contributed by atoms with Crippen LogP contribution in [0.15, 0.2) is 0 Å². The molecule has 0 aliphatic carbocycles. The summed E-state index contributed by atoms with van der Waals surface area (Å²) in [5.74, 6) is 0.214. The molecule has 16 heavy (non-hydrogen) atoms. The Labute approximate surface area is 97.6 Å². The third-order valence-electron chi connectivity index (χ3n) is 2.75. The molecule has 1 heterocycles. The van der Waals surface area contributed by atoms with Crippen molar-refractivity contribution in [2.75, 3.05) is 25.4 Å². The van der Waals surface area contributed by atoms with Gasteiger partial charge in [-0.1, -0.05) is 0 Å². The minimum atomic E-state index is -4.14. The standard InChI is InChI=1S/C10H16F3NOS/c1-8(15)9-3-2-4-14(7-9)5-6-16-10(11,12)13/h9H,2-7H2,1H3. The number of likely N-dealkylation sites (tertiary alicyclic amines) is 1. The minimum absolute atomic E-state index is 0.0103. The predicted octanol–water partition coefficient (Wildman–Crippen LogP) is 2.54. The SMILES string of the molecule is CC(=O)C1CCCN(CCSC(F)(F)F)C1. The zero-order valence-corrected chi connectivity index (χ0v) is 10.0. The van der Waals surface area contributed by atoms with Gasteiger partial charge in [-0.15, -0.1) is 0 Å². The number of halogens is 3. The van der Waals surface area contributed by atoms with Crippen molar-refractivity contribution in [2.24, 2.45) is 5.92 Å². The van der Waals surface area contributed by atoms with Gasteiger partial charge in [0.15, 0.2) is 0 Å². The van der Waals surface area contributed by atoms with Crippen LogP contribution in [-0.4, -0.2) is 41.6 Å². The van der Waals surface area contributed by atoms with Gasteiger partial charge in [0.25, 0.3) is 0 Å². The van der Waals surface area contributed by atoms with E-state index in [0.29, 0.717) is 13.1 Å². The van der Waals surface area contributed by atoms with Crippen molar-refractivity contribution in [3.63, 3.8) is 0 Å². The van der Waals surface area contributed by atoms with Crippen molar-refractivity contribution in [2.45, 2.75) is 25.3 Å². The molecule has 0 spiro atoms. The summed E-state index contributed by atoms with van der Waals surface area (Å²) in [6.07, 6.45) is 1.78. The highest BCUT2D eigenvalue weighted by atomic mass is 32.2. The fourth-order valence-corrected chi connectivity index (χ4v) is 2.46. The smallest absolute Gasteiger partial charge is 0.302 e. The Morgan fingerprint density at radius 2 is 2.19 bits per heavy atom. The highest BCUT2D eigenvalue weighted by Gasteiger charge is 2.29.